The summed E-state index contributed by atoms with van der Waals surface area (Å²) in [5.41, 5.74) is 0.815. The maximum Gasteiger partial charge on any atom is 0.184 e. The van der Waals surface area contributed by atoms with E-state index < -0.39 is 0 Å². The van der Waals surface area contributed by atoms with E-state index in [1.54, 1.807) is 13.2 Å². The first-order valence-electron chi connectivity index (χ1n) is 6.42. The van der Waals surface area contributed by atoms with Crippen molar-refractivity contribution < 1.29 is 23.3 Å². The van der Waals surface area contributed by atoms with Crippen LogP contribution in [-0.2, 0) is 25.6 Å². The number of methoxy groups -OCH3 is 1. The van der Waals surface area contributed by atoms with Gasteiger partial charge in [0.1, 0.15) is 18.0 Å². The quantitative estimate of drug-likeness (QED) is 0.835. The molecule has 19 heavy (non-hydrogen) atoms. The zero-order valence-electron chi connectivity index (χ0n) is 10.8. The average Bonchev–Trinajstić information content (AvgIpc) is 2.83. The molecular weight excluding hydrogens is 251 g/mol. The third-order valence-corrected chi connectivity index (χ3v) is 3.57. The molecule has 2 bridgehead atoms. The predicted molar refractivity (Wildman–Crippen MR) is 65.0 cm³/mol. The highest BCUT2D eigenvalue weighted by atomic mass is 19.1. The molecule has 2 fully saturated rings. The Bertz CT molecular complexity index is 439. The van der Waals surface area contributed by atoms with Crippen LogP contribution in [0.2, 0.25) is 0 Å². The molecule has 5 heteroatoms. The highest BCUT2D eigenvalue weighted by Crippen LogP contribution is 2.31. The fraction of sp³-hybridized carbons (Fsp3) is 0.571. The molecule has 0 amide bonds. The van der Waals surface area contributed by atoms with Gasteiger partial charge in [-0.3, -0.25) is 0 Å². The van der Waals surface area contributed by atoms with E-state index in [0.29, 0.717) is 13.2 Å². The van der Waals surface area contributed by atoms with Crippen LogP contribution < -0.4 is 0 Å². The third kappa shape index (κ3) is 2.79. The van der Waals surface area contributed by atoms with Gasteiger partial charge in [0, 0.05) is 13.5 Å². The maximum atomic E-state index is 13.1. The third-order valence-electron chi connectivity index (χ3n) is 3.57. The Morgan fingerprint density at radius 3 is 3.05 bits per heavy atom. The Labute approximate surface area is 111 Å². The van der Waals surface area contributed by atoms with Gasteiger partial charge < -0.3 is 18.9 Å². The van der Waals surface area contributed by atoms with Gasteiger partial charge in [0.25, 0.3) is 0 Å². The first-order valence-corrected chi connectivity index (χ1v) is 6.42. The van der Waals surface area contributed by atoms with Crippen molar-refractivity contribution in [2.45, 2.75) is 37.6 Å². The SMILES string of the molecule is CO[C@@H]1C[C@H](OCc2cccc(F)c2)[C@H]2CO[C@@H]1O2. The molecule has 0 spiro atoms. The van der Waals surface area contributed by atoms with Crippen LogP contribution in [-0.4, -0.2) is 38.3 Å². The summed E-state index contributed by atoms with van der Waals surface area (Å²) in [7, 11) is 1.64. The summed E-state index contributed by atoms with van der Waals surface area (Å²) in [6, 6.07) is 6.42. The van der Waals surface area contributed by atoms with Crippen molar-refractivity contribution in [2.24, 2.45) is 0 Å². The number of ether oxygens (including phenoxy) is 4. The molecule has 0 unspecified atom stereocenters. The van der Waals surface area contributed by atoms with Crippen LogP contribution in [0.15, 0.2) is 24.3 Å². The summed E-state index contributed by atoms with van der Waals surface area (Å²) in [4.78, 5) is 0. The molecule has 4 nitrogen and oxygen atoms in total. The van der Waals surface area contributed by atoms with E-state index in [-0.39, 0.29) is 30.4 Å². The number of halogens is 1. The van der Waals surface area contributed by atoms with Gasteiger partial charge in [0.05, 0.1) is 19.3 Å². The van der Waals surface area contributed by atoms with Gasteiger partial charge in [-0.15, -0.1) is 0 Å². The summed E-state index contributed by atoms with van der Waals surface area (Å²) in [5, 5.41) is 0. The van der Waals surface area contributed by atoms with E-state index in [0.717, 1.165) is 12.0 Å². The molecule has 2 saturated heterocycles. The zero-order chi connectivity index (χ0) is 13.2. The molecule has 0 aliphatic carbocycles. The lowest BCUT2D eigenvalue weighted by molar-refractivity contribution is -0.200. The topological polar surface area (TPSA) is 36.9 Å². The van der Waals surface area contributed by atoms with Gasteiger partial charge >= 0.3 is 0 Å². The molecule has 1 aromatic rings. The number of hydrogen-bond acceptors (Lipinski definition) is 4. The predicted octanol–water partition coefficient (Wildman–Crippen LogP) is 1.87. The Hall–Kier alpha value is -1.01. The van der Waals surface area contributed by atoms with E-state index in [9.17, 15) is 4.39 Å². The molecule has 4 atom stereocenters. The van der Waals surface area contributed by atoms with Gasteiger partial charge in [-0.1, -0.05) is 12.1 Å². The monoisotopic (exact) mass is 268 g/mol. The van der Waals surface area contributed by atoms with Crippen LogP contribution in [0.5, 0.6) is 0 Å². The number of benzene rings is 1. The van der Waals surface area contributed by atoms with Crippen molar-refractivity contribution in [3.05, 3.63) is 35.6 Å². The molecule has 1 aromatic carbocycles. The van der Waals surface area contributed by atoms with Crippen LogP contribution in [0.3, 0.4) is 0 Å². The lowest BCUT2D eigenvalue weighted by Gasteiger charge is -2.32. The minimum Gasteiger partial charge on any atom is -0.376 e. The summed E-state index contributed by atoms with van der Waals surface area (Å²) < 4.78 is 35.4. The van der Waals surface area contributed by atoms with Crippen molar-refractivity contribution >= 4 is 0 Å². The van der Waals surface area contributed by atoms with Crippen molar-refractivity contribution in [1.29, 1.82) is 0 Å². The minimum atomic E-state index is -0.274. The van der Waals surface area contributed by atoms with E-state index in [2.05, 4.69) is 0 Å². The van der Waals surface area contributed by atoms with E-state index in [1.165, 1.54) is 12.1 Å². The molecule has 2 aliphatic rings. The largest absolute Gasteiger partial charge is 0.376 e. The second-order valence-corrected chi connectivity index (χ2v) is 4.87. The van der Waals surface area contributed by atoms with Gasteiger partial charge in [0.2, 0.25) is 0 Å². The smallest absolute Gasteiger partial charge is 0.184 e. The summed E-state index contributed by atoms with van der Waals surface area (Å²) in [6.45, 7) is 0.891. The second kappa shape index (κ2) is 5.54. The van der Waals surface area contributed by atoms with E-state index in [1.807, 2.05) is 6.07 Å². The van der Waals surface area contributed by atoms with Crippen LogP contribution in [0.25, 0.3) is 0 Å². The van der Waals surface area contributed by atoms with Crippen molar-refractivity contribution in [2.75, 3.05) is 13.7 Å². The Kier molecular flexibility index (Phi) is 3.79. The summed E-state index contributed by atoms with van der Waals surface area (Å²) >= 11 is 0. The van der Waals surface area contributed by atoms with Crippen molar-refractivity contribution in [1.82, 2.24) is 0 Å². The fourth-order valence-electron chi connectivity index (χ4n) is 2.54. The molecule has 0 saturated carbocycles. The number of hydrogen-bond donors (Lipinski definition) is 0. The Balaban J connectivity index is 1.60. The van der Waals surface area contributed by atoms with Crippen LogP contribution in [0.1, 0.15) is 12.0 Å². The van der Waals surface area contributed by atoms with E-state index >= 15 is 0 Å². The molecule has 3 rings (SSSR count). The molecule has 2 aliphatic heterocycles. The lowest BCUT2D eigenvalue weighted by atomic mass is 10.0. The van der Waals surface area contributed by atoms with Gasteiger partial charge in [-0.25, -0.2) is 4.39 Å². The van der Waals surface area contributed by atoms with Gasteiger partial charge in [-0.05, 0) is 17.7 Å². The first kappa shape index (κ1) is 13.0. The number of rotatable bonds is 4. The molecule has 0 aromatic heterocycles. The number of fused-ring (bicyclic) bond motifs is 2. The van der Waals surface area contributed by atoms with Crippen LogP contribution in [0.4, 0.5) is 4.39 Å². The Morgan fingerprint density at radius 1 is 1.37 bits per heavy atom. The van der Waals surface area contributed by atoms with Gasteiger partial charge in [0.15, 0.2) is 6.29 Å². The molecule has 0 radical (unpaired) electrons. The van der Waals surface area contributed by atoms with Crippen molar-refractivity contribution in [3.8, 4) is 0 Å². The first-order chi connectivity index (χ1) is 9.26. The lowest BCUT2D eigenvalue weighted by Crippen LogP contribution is -2.44. The summed E-state index contributed by atoms with van der Waals surface area (Å²) in [6.07, 6.45) is 0.235. The van der Waals surface area contributed by atoms with E-state index in [4.69, 9.17) is 18.9 Å². The highest BCUT2D eigenvalue weighted by Gasteiger charge is 2.44. The molecule has 2 heterocycles. The maximum absolute atomic E-state index is 13.1. The second-order valence-electron chi connectivity index (χ2n) is 4.87. The molecule has 104 valence electrons. The van der Waals surface area contributed by atoms with Crippen LogP contribution in [0, 0.1) is 5.82 Å². The average molecular weight is 268 g/mol. The normalized spacial score (nSPS) is 33.6. The zero-order valence-corrected chi connectivity index (χ0v) is 10.8. The summed E-state index contributed by atoms with van der Waals surface area (Å²) in [5.74, 6) is -0.250. The Morgan fingerprint density at radius 2 is 2.26 bits per heavy atom. The van der Waals surface area contributed by atoms with Crippen LogP contribution >= 0.6 is 0 Å². The minimum absolute atomic E-state index is 0.0510. The molecule has 0 N–H and O–H groups in total. The standard InChI is InChI=1S/C14H17FO4/c1-16-12-6-11(13-8-18-14(12)19-13)17-7-9-3-2-4-10(15)5-9/h2-5,11-14H,6-8H2,1H3/t11-,12+,13+,14+/m0/s1. The van der Waals surface area contributed by atoms with Gasteiger partial charge in [-0.2, -0.15) is 0 Å². The molecular formula is C14H17FO4. The van der Waals surface area contributed by atoms with Crippen molar-refractivity contribution in [3.63, 3.8) is 0 Å². The fourth-order valence-corrected chi connectivity index (χ4v) is 2.54. The highest BCUT2D eigenvalue weighted by molar-refractivity contribution is 5.15.